The van der Waals surface area contributed by atoms with Crippen molar-refractivity contribution in [1.29, 1.82) is 0 Å². The van der Waals surface area contributed by atoms with E-state index in [-0.39, 0.29) is 37.4 Å². The summed E-state index contributed by atoms with van der Waals surface area (Å²) in [5.74, 6) is -1.89. The number of hydrogen-bond donors (Lipinski definition) is 1. The number of fused-ring (bicyclic) bond motifs is 1. The van der Waals surface area contributed by atoms with Crippen molar-refractivity contribution in [3.05, 3.63) is 10.4 Å². The third-order valence-corrected chi connectivity index (χ3v) is 2.86. The van der Waals surface area contributed by atoms with E-state index in [4.69, 9.17) is 5.53 Å². The van der Waals surface area contributed by atoms with Crippen LogP contribution in [0.5, 0.6) is 0 Å². The molecule has 2 aliphatic heterocycles. The lowest BCUT2D eigenvalue weighted by Crippen LogP contribution is -2.36. The molecule has 8 nitrogen and oxygen atoms in total. The highest BCUT2D eigenvalue weighted by atomic mass is 16.2. The lowest BCUT2D eigenvalue weighted by Gasteiger charge is -2.15. The van der Waals surface area contributed by atoms with Crippen molar-refractivity contribution in [3.8, 4) is 0 Å². The van der Waals surface area contributed by atoms with Gasteiger partial charge in [-0.05, 0) is 5.53 Å². The monoisotopic (exact) mass is 223 g/mol. The number of azide groups is 1. The number of nitrogens with one attached hydrogen (secondary N) is 1. The maximum absolute atomic E-state index is 11.5. The minimum absolute atomic E-state index is 0.224. The fourth-order valence-corrected chi connectivity index (χ4v) is 2.04. The average molecular weight is 223 g/mol. The molecule has 0 aliphatic carbocycles. The molecule has 0 spiro atoms. The van der Waals surface area contributed by atoms with E-state index in [2.05, 4.69) is 15.3 Å². The van der Waals surface area contributed by atoms with Crippen LogP contribution in [0, 0.1) is 11.8 Å². The molecule has 2 rings (SSSR count). The van der Waals surface area contributed by atoms with Gasteiger partial charge in [-0.25, -0.2) is 0 Å². The number of carbonyl (C=O) groups is 3. The van der Waals surface area contributed by atoms with Crippen LogP contribution in [0.15, 0.2) is 5.11 Å². The van der Waals surface area contributed by atoms with Crippen molar-refractivity contribution < 1.29 is 14.4 Å². The molecule has 8 heteroatoms. The van der Waals surface area contributed by atoms with Crippen LogP contribution in [0.2, 0.25) is 0 Å². The summed E-state index contributed by atoms with van der Waals surface area (Å²) in [4.78, 5) is 37.9. The molecule has 0 radical (unpaired) electrons. The summed E-state index contributed by atoms with van der Waals surface area (Å²) in [6.07, 6.45) is 0. The normalized spacial score (nSPS) is 27.4. The number of likely N-dealkylation sites (tertiary alicyclic amines) is 1. The van der Waals surface area contributed by atoms with Gasteiger partial charge in [0, 0.05) is 18.0 Å². The fourth-order valence-electron chi connectivity index (χ4n) is 2.04. The molecule has 0 aromatic carbocycles. The molecule has 0 aromatic rings. The van der Waals surface area contributed by atoms with Crippen molar-refractivity contribution in [2.24, 2.45) is 17.0 Å². The largest absolute Gasteiger partial charge is 0.341 e. The van der Waals surface area contributed by atoms with Gasteiger partial charge in [0.2, 0.25) is 17.7 Å². The Hall–Kier alpha value is -2.08. The second kappa shape index (κ2) is 3.82. The van der Waals surface area contributed by atoms with E-state index in [1.54, 1.807) is 0 Å². The predicted molar refractivity (Wildman–Crippen MR) is 50.7 cm³/mol. The zero-order valence-electron chi connectivity index (χ0n) is 8.29. The van der Waals surface area contributed by atoms with Crippen LogP contribution in [0.1, 0.15) is 0 Å². The summed E-state index contributed by atoms with van der Waals surface area (Å²) in [7, 11) is 0. The van der Waals surface area contributed by atoms with E-state index in [1.165, 1.54) is 4.90 Å². The fraction of sp³-hybridized carbons (Fsp3) is 0.625. The Morgan fingerprint density at radius 1 is 1.44 bits per heavy atom. The molecule has 2 heterocycles. The Morgan fingerprint density at radius 3 is 2.50 bits per heavy atom. The lowest BCUT2D eigenvalue weighted by molar-refractivity contribution is -0.130. The molecule has 84 valence electrons. The summed E-state index contributed by atoms with van der Waals surface area (Å²) < 4.78 is 0. The van der Waals surface area contributed by atoms with Crippen molar-refractivity contribution >= 4 is 17.7 Å². The van der Waals surface area contributed by atoms with Crippen molar-refractivity contribution in [1.82, 2.24) is 10.2 Å². The first-order chi connectivity index (χ1) is 7.63. The summed E-state index contributed by atoms with van der Waals surface area (Å²) in [6, 6.07) is 0. The van der Waals surface area contributed by atoms with Gasteiger partial charge >= 0.3 is 0 Å². The van der Waals surface area contributed by atoms with Gasteiger partial charge < -0.3 is 4.90 Å². The first kappa shape index (κ1) is 10.4. The molecule has 2 atom stereocenters. The highest BCUT2D eigenvalue weighted by Crippen LogP contribution is 2.28. The van der Waals surface area contributed by atoms with E-state index in [9.17, 15) is 14.4 Å². The molecule has 16 heavy (non-hydrogen) atoms. The Morgan fingerprint density at radius 2 is 2.00 bits per heavy atom. The smallest absolute Gasteiger partial charge is 0.232 e. The molecular formula is C8H9N5O3. The van der Waals surface area contributed by atoms with Gasteiger partial charge in [-0.2, -0.15) is 0 Å². The minimum Gasteiger partial charge on any atom is -0.341 e. The Kier molecular flexibility index (Phi) is 2.49. The van der Waals surface area contributed by atoms with Gasteiger partial charge in [0.15, 0.2) is 0 Å². The van der Waals surface area contributed by atoms with Gasteiger partial charge in [0.1, 0.15) is 6.54 Å². The van der Waals surface area contributed by atoms with E-state index < -0.39 is 11.8 Å². The van der Waals surface area contributed by atoms with Crippen molar-refractivity contribution in [2.75, 3.05) is 19.6 Å². The molecule has 2 fully saturated rings. The van der Waals surface area contributed by atoms with E-state index >= 15 is 0 Å². The van der Waals surface area contributed by atoms with Crippen LogP contribution in [0.4, 0.5) is 0 Å². The minimum atomic E-state index is -0.442. The molecular weight excluding hydrogens is 214 g/mol. The molecule has 0 saturated carbocycles. The first-order valence-corrected chi connectivity index (χ1v) is 4.77. The Balaban J connectivity index is 2.03. The molecule has 2 aliphatic rings. The third kappa shape index (κ3) is 1.59. The van der Waals surface area contributed by atoms with E-state index in [0.29, 0.717) is 0 Å². The summed E-state index contributed by atoms with van der Waals surface area (Å²) >= 11 is 0. The molecule has 0 aromatic heterocycles. The predicted octanol–water partition coefficient (Wildman–Crippen LogP) is -0.972. The van der Waals surface area contributed by atoms with Crippen LogP contribution in [0.3, 0.4) is 0 Å². The quantitative estimate of drug-likeness (QED) is 0.281. The topological polar surface area (TPSA) is 115 Å². The van der Waals surface area contributed by atoms with Gasteiger partial charge in [-0.1, -0.05) is 5.11 Å². The van der Waals surface area contributed by atoms with E-state index in [1.807, 2.05) is 0 Å². The average Bonchev–Trinajstić information content (AvgIpc) is 2.79. The number of amides is 3. The van der Waals surface area contributed by atoms with Crippen LogP contribution in [-0.2, 0) is 14.4 Å². The second-order valence-electron chi connectivity index (χ2n) is 3.75. The number of rotatable bonds is 2. The second-order valence-corrected chi connectivity index (χ2v) is 3.75. The molecule has 3 amide bonds. The Bertz CT molecular complexity index is 392. The zero-order chi connectivity index (χ0) is 11.7. The number of carbonyl (C=O) groups excluding carboxylic acids is 3. The van der Waals surface area contributed by atoms with Crippen LogP contribution in [0.25, 0.3) is 10.4 Å². The maximum Gasteiger partial charge on any atom is 0.232 e. The molecule has 2 saturated heterocycles. The maximum atomic E-state index is 11.5. The van der Waals surface area contributed by atoms with Crippen LogP contribution in [-0.4, -0.2) is 42.3 Å². The van der Waals surface area contributed by atoms with Crippen molar-refractivity contribution in [2.45, 2.75) is 0 Å². The zero-order valence-corrected chi connectivity index (χ0v) is 8.29. The number of imide groups is 1. The van der Waals surface area contributed by atoms with Crippen molar-refractivity contribution in [3.63, 3.8) is 0 Å². The molecule has 0 bridgehead atoms. The summed E-state index contributed by atoms with van der Waals surface area (Å²) in [5, 5.41) is 5.38. The number of hydrogen-bond acceptors (Lipinski definition) is 4. The van der Waals surface area contributed by atoms with Crippen LogP contribution >= 0.6 is 0 Å². The SMILES string of the molecule is [N-]=[N+]=NCC(=O)N1C[C@@H]2C(=O)NC(=O)[C@H]2C1. The van der Waals surface area contributed by atoms with Gasteiger partial charge in [0.05, 0.1) is 11.8 Å². The van der Waals surface area contributed by atoms with Gasteiger partial charge in [-0.3, -0.25) is 19.7 Å². The Labute approximate surface area is 90.2 Å². The standard InChI is InChI=1S/C8H9N5O3/c9-12-10-1-6(14)13-2-4-5(3-13)8(16)11-7(4)15/h4-5H,1-3H2,(H,11,15,16)/t4-,5-/m0/s1. The first-order valence-electron chi connectivity index (χ1n) is 4.77. The van der Waals surface area contributed by atoms with Crippen LogP contribution < -0.4 is 5.32 Å². The highest BCUT2D eigenvalue weighted by Gasteiger charge is 2.48. The molecule has 0 unspecified atom stereocenters. The summed E-state index contributed by atoms with van der Waals surface area (Å²) in [6.45, 7) is 0.176. The highest BCUT2D eigenvalue weighted by molar-refractivity contribution is 6.06. The summed E-state index contributed by atoms with van der Waals surface area (Å²) in [5.41, 5.74) is 8.07. The van der Waals surface area contributed by atoms with Gasteiger partial charge in [-0.15, -0.1) is 0 Å². The van der Waals surface area contributed by atoms with Gasteiger partial charge in [0.25, 0.3) is 0 Å². The molecule has 1 N–H and O–H groups in total. The lowest BCUT2D eigenvalue weighted by atomic mass is 10.00. The third-order valence-electron chi connectivity index (χ3n) is 2.86. The number of nitrogens with zero attached hydrogens (tertiary/aromatic N) is 4. The van der Waals surface area contributed by atoms with E-state index in [0.717, 1.165) is 0 Å².